The number of amidine groups is 1. The van der Waals surface area contributed by atoms with Gasteiger partial charge in [-0.15, -0.1) is 0 Å². The van der Waals surface area contributed by atoms with Crippen LogP contribution in [0.15, 0.2) is 29.4 Å². The number of amides is 1. The van der Waals surface area contributed by atoms with Crippen LogP contribution in [-0.2, 0) is 4.74 Å². The Balaban J connectivity index is 1.74. The van der Waals surface area contributed by atoms with E-state index >= 15 is 0 Å². The van der Waals surface area contributed by atoms with Gasteiger partial charge < -0.3 is 20.6 Å². The molecule has 2 atom stereocenters. The summed E-state index contributed by atoms with van der Waals surface area (Å²) in [5.41, 5.74) is 6.70. The number of hydrogen-bond donors (Lipinski definition) is 2. The summed E-state index contributed by atoms with van der Waals surface area (Å²) in [6.45, 7) is 1.33. The highest BCUT2D eigenvalue weighted by atomic mass is 16.5. The van der Waals surface area contributed by atoms with Crippen LogP contribution < -0.4 is 5.73 Å². The van der Waals surface area contributed by atoms with E-state index in [9.17, 15) is 4.79 Å². The standard InChI is InChI=1S/C14H17N3O3/c15-13(16-19)9-1-3-10(4-2-9)14(18)17-7-11-5-6-12(8-17)20-11/h1-4,11-12,19H,5-8H2,(H2,15,16). The van der Waals surface area contributed by atoms with Gasteiger partial charge in [-0.25, -0.2) is 0 Å². The minimum atomic E-state index is 0.0104. The number of ether oxygens (including phenoxy) is 1. The molecule has 0 radical (unpaired) electrons. The molecule has 2 saturated heterocycles. The van der Waals surface area contributed by atoms with Crippen LogP contribution >= 0.6 is 0 Å². The Morgan fingerprint density at radius 2 is 1.75 bits per heavy atom. The molecular weight excluding hydrogens is 258 g/mol. The predicted molar refractivity (Wildman–Crippen MR) is 72.8 cm³/mol. The highest BCUT2D eigenvalue weighted by Crippen LogP contribution is 2.27. The van der Waals surface area contributed by atoms with Crippen LogP contribution in [0.3, 0.4) is 0 Å². The number of hydrogen-bond acceptors (Lipinski definition) is 4. The van der Waals surface area contributed by atoms with Crippen LogP contribution in [0.4, 0.5) is 0 Å². The summed E-state index contributed by atoms with van der Waals surface area (Å²) in [7, 11) is 0. The van der Waals surface area contributed by atoms with Gasteiger partial charge >= 0.3 is 0 Å². The van der Waals surface area contributed by atoms with Gasteiger partial charge in [0.25, 0.3) is 5.91 Å². The number of carbonyl (C=O) groups excluding carboxylic acids is 1. The van der Waals surface area contributed by atoms with E-state index < -0.39 is 0 Å². The van der Waals surface area contributed by atoms with Crippen LogP contribution in [-0.4, -0.2) is 47.1 Å². The maximum absolute atomic E-state index is 12.4. The molecule has 0 aliphatic carbocycles. The highest BCUT2D eigenvalue weighted by molar-refractivity contribution is 5.99. The minimum Gasteiger partial charge on any atom is -0.409 e. The lowest BCUT2D eigenvalue weighted by Gasteiger charge is -2.32. The Kier molecular flexibility index (Phi) is 3.31. The van der Waals surface area contributed by atoms with Crippen LogP contribution in [0.5, 0.6) is 0 Å². The SMILES string of the molecule is NC(=NO)c1ccc(C(=O)N2CC3CCC(C2)O3)cc1. The fourth-order valence-corrected chi connectivity index (χ4v) is 2.80. The van der Waals surface area contributed by atoms with Gasteiger partial charge in [0.05, 0.1) is 12.2 Å². The first-order valence-electron chi connectivity index (χ1n) is 6.70. The average molecular weight is 275 g/mol. The smallest absolute Gasteiger partial charge is 0.254 e. The first-order valence-corrected chi connectivity index (χ1v) is 6.70. The summed E-state index contributed by atoms with van der Waals surface area (Å²) < 4.78 is 5.72. The van der Waals surface area contributed by atoms with Crippen LogP contribution in [0.2, 0.25) is 0 Å². The highest BCUT2D eigenvalue weighted by Gasteiger charge is 2.35. The molecule has 1 aromatic carbocycles. The van der Waals surface area contributed by atoms with Crippen molar-refractivity contribution >= 4 is 11.7 Å². The summed E-state index contributed by atoms with van der Waals surface area (Å²) in [5.74, 6) is 0.0460. The number of likely N-dealkylation sites (tertiary alicyclic amines) is 1. The number of nitrogens with two attached hydrogens (primary N) is 1. The third-order valence-electron chi connectivity index (χ3n) is 3.87. The number of carbonyl (C=O) groups is 1. The monoisotopic (exact) mass is 275 g/mol. The van der Waals surface area contributed by atoms with Crippen molar-refractivity contribution in [2.24, 2.45) is 10.9 Å². The zero-order chi connectivity index (χ0) is 14.1. The molecule has 2 aliphatic rings. The molecular formula is C14H17N3O3. The molecule has 2 bridgehead atoms. The third-order valence-corrected chi connectivity index (χ3v) is 3.87. The molecule has 0 aromatic heterocycles. The molecule has 2 aliphatic heterocycles. The lowest BCUT2D eigenvalue weighted by atomic mass is 10.1. The molecule has 2 fully saturated rings. The summed E-state index contributed by atoms with van der Waals surface area (Å²) in [5, 5.41) is 11.5. The normalized spacial score (nSPS) is 25.8. The van der Waals surface area contributed by atoms with Gasteiger partial charge in [0.1, 0.15) is 0 Å². The number of benzene rings is 1. The third kappa shape index (κ3) is 2.34. The maximum Gasteiger partial charge on any atom is 0.254 e. The molecule has 6 nitrogen and oxygen atoms in total. The molecule has 3 rings (SSSR count). The van der Waals surface area contributed by atoms with E-state index in [1.165, 1.54) is 0 Å². The van der Waals surface area contributed by atoms with E-state index in [1.54, 1.807) is 24.3 Å². The van der Waals surface area contributed by atoms with Gasteiger partial charge in [0.2, 0.25) is 0 Å². The second-order valence-corrected chi connectivity index (χ2v) is 5.23. The topological polar surface area (TPSA) is 88.2 Å². The van der Waals surface area contributed by atoms with Crippen molar-refractivity contribution in [1.82, 2.24) is 4.90 Å². The Morgan fingerprint density at radius 1 is 1.20 bits per heavy atom. The van der Waals surface area contributed by atoms with Crippen molar-refractivity contribution in [3.63, 3.8) is 0 Å². The Hall–Kier alpha value is -2.08. The molecule has 2 unspecified atom stereocenters. The van der Waals surface area contributed by atoms with Crippen molar-refractivity contribution in [3.8, 4) is 0 Å². The summed E-state index contributed by atoms with van der Waals surface area (Å²) >= 11 is 0. The molecule has 106 valence electrons. The average Bonchev–Trinajstić information content (AvgIpc) is 2.84. The number of nitrogens with zero attached hydrogens (tertiary/aromatic N) is 2. The number of oxime groups is 1. The molecule has 0 saturated carbocycles. The quantitative estimate of drug-likeness (QED) is 0.361. The first-order chi connectivity index (χ1) is 9.67. The predicted octanol–water partition coefficient (Wildman–Crippen LogP) is 0.784. The van der Waals surface area contributed by atoms with E-state index in [4.69, 9.17) is 15.7 Å². The Bertz CT molecular complexity index is 529. The molecule has 0 spiro atoms. The van der Waals surface area contributed by atoms with Gasteiger partial charge in [-0.05, 0) is 25.0 Å². The van der Waals surface area contributed by atoms with Crippen LogP contribution in [0.25, 0.3) is 0 Å². The van der Waals surface area contributed by atoms with E-state index in [-0.39, 0.29) is 24.0 Å². The van der Waals surface area contributed by atoms with Gasteiger partial charge in [-0.2, -0.15) is 0 Å². The van der Waals surface area contributed by atoms with Gasteiger partial charge in [0, 0.05) is 24.2 Å². The summed E-state index contributed by atoms with van der Waals surface area (Å²) in [4.78, 5) is 14.3. The van der Waals surface area contributed by atoms with Gasteiger partial charge in [-0.1, -0.05) is 17.3 Å². The summed E-state index contributed by atoms with van der Waals surface area (Å²) in [6.07, 6.45) is 2.46. The zero-order valence-corrected chi connectivity index (χ0v) is 11.0. The Morgan fingerprint density at radius 3 is 2.30 bits per heavy atom. The zero-order valence-electron chi connectivity index (χ0n) is 11.0. The first kappa shape index (κ1) is 12.9. The van der Waals surface area contributed by atoms with E-state index in [2.05, 4.69) is 5.16 Å². The lowest BCUT2D eigenvalue weighted by Crippen LogP contribution is -2.45. The second-order valence-electron chi connectivity index (χ2n) is 5.23. The molecule has 1 aromatic rings. The fraction of sp³-hybridized carbons (Fsp3) is 0.429. The maximum atomic E-state index is 12.4. The van der Waals surface area contributed by atoms with Crippen molar-refractivity contribution in [3.05, 3.63) is 35.4 Å². The van der Waals surface area contributed by atoms with Gasteiger partial charge in [-0.3, -0.25) is 4.79 Å². The largest absolute Gasteiger partial charge is 0.409 e. The second kappa shape index (κ2) is 5.13. The van der Waals surface area contributed by atoms with E-state index in [1.807, 2.05) is 4.90 Å². The van der Waals surface area contributed by atoms with Gasteiger partial charge in [0.15, 0.2) is 5.84 Å². The Labute approximate surface area is 116 Å². The van der Waals surface area contributed by atoms with Crippen LogP contribution in [0.1, 0.15) is 28.8 Å². The minimum absolute atomic E-state index is 0.0104. The van der Waals surface area contributed by atoms with Crippen molar-refractivity contribution < 1.29 is 14.7 Å². The van der Waals surface area contributed by atoms with Crippen LogP contribution in [0, 0.1) is 0 Å². The lowest BCUT2D eigenvalue weighted by molar-refractivity contribution is -0.0303. The van der Waals surface area contributed by atoms with E-state index in [0.717, 1.165) is 12.8 Å². The molecule has 2 heterocycles. The number of morpholine rings is 1. The molecule has 6 heteroatoms. The summed E-state index contributed by atoms with van der Waals surface area (Å²) in [6, 6.07) is 6.76. The van der Waals surface area contributed by atoms with Crippen molar-refractivity contribution in [2.45, 2.75) is 25.0 Å². The molecule has 1 amide bonds. The van der Waals surface area contributed by atoms with Crippen molar-refractivity contribution in [2.75, 3.05) is 13.1 Å². The van der Waals surface area contributed by atoms with E-state index in [0.29, 0.717) is 24.2 Å². The molecule has 20 heavy (non-hydrogen) atoms. The number of rotatable bonds is 2. The fourth-order valence-electron chi connectivity index (χ4n) is 2.80. The van der Waals surface area contributed by atoms with Crippen molar-refractivity contribution in [1.29, 1.82) is 0 Å². The number of fused-ring (bicyclic) bond motifs is 2. The molecule has 3 N–H and O–H groups in total.